The zero-order valence-electron chi connectivity index (χ0n) is 16.8. The van der Waals surface area contributed by atoms with Crippen LogP contribution in [-0.2, 0) is 20.6 Å². The number of rotatable bonds is 6. The summed E-state index contributed by atoms with van der Waals surface area (Å²) in [5.74, 6) is 0.243. The second-order valence-electron chi connectivity index (χ2n) is 8.29. The van der Waals surface area contributed by atoms with Crippen molar-refractivity contribution in [1.82, 2.24) is 9.62 Å². The lowest BCUT2D eigenvalue weighted by atomic mass is 9.90. The van der Waals surface area contributed by atoms with Gasteiger partial charge in [-0.2, -0.15) is 4.31 Å². The normalized spacial score (nSPS) is 22.9. The quantitative estimate of drug-likeness (QED) is 0.780. The Hall–Kier alpha value is -1.40. The number of sulfonamides is 1. The summed E-state index contributed by atoms with van der Waals surface area (Å²) in [7, 11) is -3.39. The molecule has 156 valence electrons. The molecule has 1 saturated heterocycles. The lowest BCUT2D eigenvalue weighted by Gasteiger charge is -2.35. The number of piperidine rings is 1. The van der Waals surface area contributed by atoms with Gasteiger partial charge < -0.3 is 5.32 Å². The Morgan fingerprint density at radius 3 is 2.29 bits per heavy atom. The molecule has 2 aliphatic rings. The highest BCUT2D eigenvalue weighted by atomic mass is 32.2. The van der Waals surface area contributed by atoms with Crippen molar-refractivity contribution in [2.45, 2.75) is 76.0 Å². The van der Waals surface area contributed by atoms with E-state index in [1.165, 1.54) is 19.3 Å². The molecule has 0 aromatic heterocycles. The van der Waals surface area contributed by atoms with Gasteiger partial charge in [-0.15, -0.1) is 0 Å². The number of carbonyl (C=O) groups excluding carboxylic acids is 1. The second kappa shape index (κ2) is 10.4. The molecule has 0 bridgehead atoms. The maximum Gasteiger partial charge on any atom is 0.223 e. The van der Waals surface area contributed by atoms with Gasteiger partial charge in [0.05, 0.1) is 5.75 Å². The number of nitrogens with one attached hydrogen (secondary N) is 1. The van der Waals surface area contributed by atoms with Gasteiger partial charge in [0.1, 0.15) is 0 Å². The second-order valence-corrected chi connectivity index (χ2v) is 10.2. The highest BCUT2D eigenvalue weighted by Crippen LogP contribution is 2.24. The van der Waals surface area contributed by atoms with Crippen LogP contribution in [0.2, 0.25) is 0 Å². The van der Waals surface area contributed by atoms with Crippen molar-refractivity contribution in [1.29, 1.82) is 0 Å². The van der Waals surface area contributed by atoms with E-state index in [1.54, 1.807) is 4.31 Å². The Kier molecular flexibility index (Phi) is 7.91. The molecule has 6 heteroatoms. The van der Waals surface area contributed by atoms with Crippen molar-refractivity contribution in [2.24, 2.45) is 5.92 Å². The molecule has 1 saturated carbocycles. The Morgan fingerprint density at radius 1 is 0.929 bits per heavy atom. The van der Waals surface area contributed by atoms with E-state index in [9.17, 15) is 13.2 Å². The van der Waals surface area contributed by atoms with Crippen LogP contribution in [0.3, 0.4) is 0 Å². The molecule has 1 amide bonds. The third-order valence-electron chi connectivity index (χ3n) is 6.11. The summed E-state index contributed by atoms with van der Waals surface area (Å²) in [6, 6.07) is 9.21. The SMILES string of the molecule is O=C(NCC1CCCCN1S(=O)(=O)Cc1ccccc1)C1CCCCCCC1. The molecule has 0 radical (unpaired) electrons. The minimum Gasteiger partial charge on any atom is -0.354 e. The number of hydrogen-bond donors (Lipinski definition) is 1. The molecule has 1 unspecified atom stereocenters. The molecule has 1 atom stereocenters. The fraction of sp³-hybridized carbons (Fsp3) is 0.682. The molecule has 1 N–H and O–H groups in total. The van der Waals surface area contributed by atoms with E-state index >= 15 is 0 Å². The van der Waals surface area contributed by atoms with Gasteiger partial charge in [0.25, 0.3) is 0 Å². The first-order valence-electron chi connectivity index (χ1n) is 10.9. The molecule has 28 heavy (non-hydrogen) atoms. The number of nitrogens with zero attached hydrogens (tertiary/aromatic N) is 1. The third kappa shape index (κ3) is 6.05. The van der Waals surface area contributed by atoms with Crippen molar-refractivity contribution in [3.63, 3.8) is 0 Å². The maximum absolute atomic E-state index is 13.0. The van der Waals surface area contributed by atoms with Crippen LogP contribution in [0.15, 0.2) is 30.3 Å². The van der Waals surface area contributed by atoms with Gasteiger partial charge >= 0.3 is 0 Å². The van der Waals surface area contributed by atoms with Crippen molar-refractivity contribution in [3.05, 3.63) is 35.9 Å². The fourth-order valence-corrected chi connectivity index (χ4v) is 6.31. The van der Waals surface area contributed by atoms with E-state index in [2.05, 4.69) is 5.32 Å². The lowest BCUT2D eigenvalue weighted by Crippen LogP contribution is -2.50. The predicted octanol–water partition coefficient (Wildman–Crippen LogP) is 3.85. The van der Waals surface area contributed by atoms with Crippen LogP contribution in [0, 0.1) is 5.92 Å². The highest BCUT2D eigenvalue weighted by Gasteiger charge is 2.33. The summed E-state index contributed by atoms with van der Waals surface area (Å²) in [4.78, 5) is 12.7. The van der Waals surface area contributed by atoms with Crippen LogP contribution in [0.1, 0.15) is 69.8 Å². The minimum absolute atomic E-state index is 0.0287. The van der Waals surface area contributed by atoms with Gasteiger partial charge in [0.15, 0.2) is 0 Å². The van der Waals surface area contributed by atoms with Gasteiger partial charge in [-0.3, -0.25) is 4.79 Å². The number of carbonyl (C=O) groups is 1. The van der Waals surface area contributed by atoms with Gasteiger partial charge in [0, 0.05) is 25.0 Å². The molecule has 1 aliphatic carbocycles. The van der Waals surface area contributed by atoms with Crippen LogP contribution in [-0.4, -0.2) is 37.8 Å². The fourth-order valence-electron chi connectivity index (χ4n) is 4.49. The minimum atomic E-state index is -3.39. The summed E-state index contributed by atoms with van der Waals surface area (Å²) in [6.45, 7) is 0.989. The Balaban J connectivity index is 1.58. The van der Waals surface area contributed by atoms with E-state index in [4.69, 9.17) is 0 Å². The van der Waals surface area contributed by atoms with Crippen molar-refractivity contribution < 1.29 is 13.2 Å². The Labute approximate surface area is 169 Å². The van der Waals surface area contributed by atoms with Gasteiger partial charge in [0.2, 0.25) is 15.9 Å². The first-order valence-corrected chi connectivity index (χ1v) is 12.5. The molecule has 1 aliphatic heterocycles. The average Bonchev–Trinajstić information content (AvgIpc) is 2.66. The molecule has 1 aromatic carbocycles. The van der Waals surface area contributed by atoms with Crippen LogP contribution in [0.4, 0.5) is 0 Å². The first kappa shape index (κ1) is 21.3. The zero-order chi connectivity index (χ0) is 19.8. The summed E-state index contributed by atoms with van der Waals surface area (Å²) < 4.78 is 27.7. The summed E-state index contributed by atoms with van der Waals surface area (Å²) in [6.07, 6.45) is 10.6. The van der Waals surface area contributed by atoms with Crippen molar-refractivity contribution in [3.8, 4) is 0 Å². The molecule has 2 fully saturated rings. The van der Waals surface area contributed by atoms with Crippen LogP contribution in [0.25, 0.3) is 0 Å². The molecular formula is C22H34N2O3S. The smallest absolute Gasteiger partial charge is 0.223 e. The number of hydrogen-bond acceptors (Lipinski definition) is 3. The topological polar surface area (TPSA) is 66.5 Å². The van der Waals surface area contributed by atoms with Crippen LogP contribution >= 0.6 is 0 Å². The van der Waals surface area contributed by atoms with Crippen LogP contribution < -0.4 is 5.32 Å². The van der Waals surface area contributed by atoms with Crippen molar-refractivity contribution in [2.75, 3.05) is 13.1 Å². The monoisotopic (exact) mass is 406 g/mol. The van der Waals surface area contributed by atoms with E-state index in [-0.39, 0.29) is 23.6 Å². The molecule has 1 heterocycles. The van der Waals surface area contributed by atoms with E-state index in [1.807, 2.05) is 30.3 Å². The van der Waals surface area contributed by atoms with E-state index < -0.39 is 10.0 Å². The Bertz CT molecular complexity index is 713. The zero-order valence-corrected chi connectivity index (χ0v) is 17.6. The van der Waals surface area contributed by atoms with Crippen molar-refractivity contribution >= 4 is 15.9 Å². The maximum atomic E-state index is 13.0. The lowest BCUT2D eigenvalue weighted by molar-refractivity contribution is -0.125. The largest absolute Gasteiger partial charge is 0.354 e. The first-order chi connectivity index (χ1) is 13.6. The molecule has 0 spiro atoms. The summed E-state index contributed by atoms with van der Waals surface area (Å²) in [5.41, 5.74) is 0.811. The Morgan fingerprint density at radius 2 is 1.57 bits per heavy atom. The van der Waals surface area contributed by atoms with E-state index in [0.717, 1.165) is 50.5 Å². The summed E-state index contributed by atoms with van der Waals surface area (Å²) in [5, 5.41) is 3.09. The average molecular weight is 407 g/mol. The van der Waals surface area contributed by atoms with E-state index in [0.29, 0.717) is 13.1 Å². The molecule has 3 rings (SSSR count). The summed E-state index contributed by atoms with van der Waals surface area (Å²) >= 11 is 0. The predicted molar refractivity (Wildman–Crippen MR) is 112 cm³/mol. The van der Waals surface area contributed by atoms with Gasteiger partial charge in [-0.25, -0.2) is 8.42 Å². The molecule has 1 aromatic rings. The van der Waals surface area contributed by atoms with Gasteiger partial charge in [-0.05, 0) is 31.2 Å². The number of amides is 1. The highest BCUT2D eigenvalue weighted by molar-refractivity contribution is 7.88. The molecule has 5 nitrogen and oxygen atoms in total. The molecular weight excluding hydrogens is 372 g/mol. The number of benzene rings is 1. The third-order valence-corrected chi connectivity index (χ3v) is 8.00. The van der Waals surface area contributed by atoms with Crippen LogP contribution in [0.5, 0.6) is 0 Å². The standard InChI is InChI=1S/C22H34N2O3S/c25-22(20-13-7-2-1-3-8-14-20)23-17-21-15-9-10-16-24(21)28(26,27)18-19-11-5-4-6-12-19/h4-6,11-12,20-21H,1-3,7-10,13-18H2,(H,23,25). The van der Waals surface area contributed by atoms with Gasteiger partial charge in [-0.1, -0.05) is 68.9 Å².